The highest BCUT2D eigenvalue weighted by Gasteiger charge is 2.55. The van der Waals surface area contributed by atoms with E-state index in [2.05, 4.69) is 25.8 Å². The number of morpholine rings is 1. The monoisotopic (exact) mass is 658 g/mol. The maximum Gasteiger partial charge on any atom is 0.339 e. The Balaban J connectivity index is 1.64. The number of pyridine rings is 1. The molecule has 10 heteroatoms. The highest BCUT2D eigenvalue weighted by atomic mass is 35.5. The predicted molar refractivity (Wildman–Crippen MR) is 173 cm³/mol. The van der Waals surface area contributed by atoms with Gasteiger partial charge in [0.15, 0.2) is 5.60 Å². The van der Waals surface area contributed by atoms with Crippen LogP contribution in [0.5, 0.6) is 0 Å². The van der Waals surface area contributed by atoms with E-state index in [1.165, 1.54) is 25.4 Å². The lowest BCUT2D eigenvalue weighted by Gasteiger charge is -2.52. The molecule has 4 atom stereocenters. The van der Waals surface area contributed by atoms with Crippen molar-refractivity contribution >= 4 is 46.8 Å². The Morgan fingerprint density at radius 2 is 1.91 bits per heavy atom. The average molecular weight is 660 g/mol. The third-order valence-electron chi connectivity index (χ3n) is 8.10. The van der Waals surface area contributed by atoms with Crippen molar-refractivity contribution in [3.63, 3.8) is 0 Å². The van der Waals surface area contributed by atoms with E-state index >= 15 is 4.39 Å². The molecule has 1 aliphatic carbocycles. The Morgan fingerprint density at radius 1 is 1.16 bits per heavy atom. The Morgan fingerprint density at radius 3 is 2.50 bits per heavy atom. The standard InChI is InChI=1S/C34H37Cl2FN2O4S/c1-33(2,3)44-19-28(20-9-10-20)39-29(21-12-14-26(36)27(37)16-21)30(22-7-6-8-24(35)15-22)43-34(4,32(39)41)17-25-13-11-23(18-38-25)31(40)42-5/h6-8,11-16,18,20,28-30H,9-10,17,19H2,1-5H3/t28-,29?,30-,34+/m1/s1. The Labute approximate surface area is 272 Å². The molecule has 1 saturated carbocycles. The fourth-order valence-electron chi connectivity index (χ4n) is 5.75. The summed E-state index contributed by atoms with van der Waals surface area (Å²) in [5.41, 5.74) is 0.941. The Bertz CT molecular complexity index is 1530. The average Bonchev–Trinajstić information content (AvgIpc) is 3.82. The van der Waals surface area contributed by atoms with E-state index in [0.717, 1.165) is 24.2 Å². The Kier molecular flexibility index (Phi) is 9.66. The van der Waals surface area contributed by atoms with Crippen molar-refractivity contribution in [2.75, 3.05) is 12.9 Å². The molecular weight excluding hydrogens is 622 g/mol. The van der Waals surface area contributed by atoms with Crippen LogP contribution < -0.4 is 0 Å². The Hall–Kier alpha value is -2.65. The van der Waals surface area contributed by atoms with Crippen molar-refractivity contribution in [3.8, 4) is 0 Å². The van der Waals surface area contributed by atoms with Crippen LogP contribution in [0.4, 0.5) is 4.39 Å². The number of ether oxygens (including phenoxy) is 2. The van der Waals surface area contributed by atoms with Gasteiger partial charge in [0.2, 0.25) is 0 Å². The number of rotatable bonds is 9. The van der Waals surface area contributed by atoms with E-state index in [-0.39, 0.29) is 28.1 Å². The van der Waals surface area contributed by atoms with Gasteiger partial charge in [-0.25, -0.2) is 9.18 Å². The predicted octanol–water partition coefficient (Wildman–Crippen LogP) is 8.27. The van der Waals surface area contributed by atoms with Crippen molar-refractivity contribution in [1.82, 2.24) is 9.88 Å². The minimum Gasteiger partial charge on any atom is -0.465 e. The number of carbonyl (C=O) groups excluding carboxylic acids is 2. The molecule has 1 amide bonds. The summed E-state index contributed by atoms with van der Waals surface area (Å²) in [5.74, 6) is -0.211. The molecule has 0 spiro atoms. The SMILES string of the molecule is COC(=O)c1ccc(C[C@]2(C)O[C@H](c3cccc(Cl)c3)C(c3ccc(Cl)c(F)c3)N([C@H](CSC(C)(C)C)C3CC3)C2=O)nc1. The van der Waals surface area contributed by atoms with Crippen molar-refractivity contribution in [2.45, 2.75) is 75.5 Å². The van der Waals surface area contributed by atoms with Gasteiger partial charge in [-0.05, 0) is 73.2 Å². The summed E-state index contributed by atoms with van der Waals surface area (Å²) in [6, 6.07) is 14.7. The number of halogens is 3. The molecule has 2 fully saturated rings. The van der Waals surface area contributed by atoms with Crippen molar-refractivity contribution in [2.24, 2.45) is 5.92 Å². The van der Waals surface area contributed by atoms with Gasteiger partial charge in [-0.2, -0.15) is 11.8 Å². The molecule has 2 heterocycles. The lowest BCUT2D eigenvalue weighted by Crippen LogP contribution is -2.62. The molecule has 1 unspecified atom stereocenters. The van der Waals surface area contributed by atoms with Crippen molar-refractivity contribution in [3.05, 3.63) is 99.0 Å². The van der Waals surface area contributed by atoms with Gasteiger partial charge in [-0.3, -0.25) is 9.78 Å². The molecular formula is C34H37Cl2FN2O4S. The smallest absolute Gasteiger partial charge is 0.339 e. The molecule has 1 saturated heterocycles. The molecule has 6 nitrogen and oxygen atoms in total. The van der Waals surface area contributed by atoms with Gasteiger partial charge in [0.05, 0.1) is 23.7 Å². The fourth-order valence-corrected chi connectivity index (χ4v) is 7.17. The van der Waals surface area contributed by atoms with E-state index in [0.29, 0.717) is 27.8 Å². The number of hydrogen-bond acceptors (Lipinski definition) is 6. The summed E-state index contributed by atoms with van der Waals surface area (Å²) in [6.07, 6.45) is 2.95. The quantitative estimate of drug-likeness (QED) is 0.216. The molecule has 1 aromatic heterocycles. The van der Waals surface area contributed by atoms with Gasteiger partial charge < -0.3 is 14.4 Å². The number of benzene rings is 2. The molecule has 44 heavy (non-hydrogen) atoms. The number of hydrogen-bond donors (Lipinski definition) is 0. The minimum atomic E-state index is -1.33. The van der Waals surface area contributed by atoms with Crippen LogP contribution in [0.1, 0.15) is 79.9 Å². The number of aromatic nitrogens is 1. The molecule has 2 aromatic carbocycles. The van der Waals surface area contributed by atoms with Crippen LogP contribution in [-0.4, -0.2) is 51.0 Å². The first-order chi connectivity index (χ1) is 20.8. The molecule has 0 bridgehead atoms. The summed E-state index contributed by atoms with van der Waals surface area (Å²) in [5, 5.41) is 0.537. The van der Waals surface area contributed by atoms with Crippen LogP contribution in [0.3, 0.4) is 0 Å². The van der Waals surface area contributed by atoms with Gasteiger partial charge in [-0.1, -0.05) is 62.2 Å². The summed E-state index contributed by atoms with van der Waals surface area (Å²) in [6.45, 7) is 8.28. The minimum absolute atomic E-state index is 0.0102. The lowest BCUT2D eigenvalue weighted by molar-refractivity contribution is -0.202. The number of carbonyl (C=O) groups is 2. The maximum atomic E-state index is 15.0. The number of methoxy groups -OCH3 is 1. The van der Waals surface area contributed by atoms with E-state index in [9.17, 15) is 9.59 Å². The highest BCUT2D eigenvalue weighted by Crippen LogP contribution is 2.51. The number of thioether (sulfide) groups is 1. The van der Waals surface area contributed by atoms with Crippen LogP contribution in [0.2, 0.25) is 10.0 Å². The molecule has 1 aliphatic heterocycles. The fraction of sp³-hybridized carbons (Fsp3) is 0.441. The molecule has 0 radical (unpaired) electrons. The number of nitrogens with zero attached hydrogens (tertiary/aromatic N) is 2. The molecule has 0 N–H and O–H groups in total. The molecule has 5 rings (SSSR count). The van der Waals surface area contributed by atoms with Crippen LogP contribution >= 0.6 is 35.0 Å². The van der Waals surface area contributed by atoms with Crippen LogP contribution in [0.25, 0.3) is 0 Å². The first kappa shape index (κ1) is 32.7. The summed E-state index contributed by atoms with van der Waals surface area (Å²) < 4.78 is 26.7. The third-order valence-corrected chi connectivity index (χ3v) is 10.0. The molecule has 234 valence electrons. The van der Waals surface area contributed by atoms with E-state index < -0.39 is 29.5 Å². The van der Waals surface area contributed by atoms with E-state index in [4.69, 9.17) is 32.7 Å². The molecule has 3 aromatic rings. The van der Waals surface area contributed by atoms with Crippen LogP contribution in [0.15, 0.2) is 60.8 Å². The second-order valence-electron chi connectivity index (χ2n) is 12.7. The van der Waals surface area contributed by atoms with Gasteiger partial charge in [0, 0.05) is 39.9 Å². The van der Waals surface area contributed by atoms with E-state index in [1.807, 2.05) is 34.9 Å². The second-order valence-corrected chi connectivity index (χ2v) is 15.4. The van der Waals surface area contributed by atoms with Crippen molar-refractivity contribution in [1.29, 1.82) is 0 Å². The number of esters is 1. The molecule has 2 aliphatic rings. The van der Waals surface area contributed by atoms with Gasteiger partial charge in [0.1, 0.15) is 11.9 Å². The third kappa shape index (κ3) is 7.25. The summed E-state index contributed by atoms with van der Waals surface area (Å²) in [7, 11) is 1.31. The zero-order valence-electron chi connectivity index (χ0n) is 25.5. The van der Waals surface area contributed by atoms with Gasteiger partial charge >= 0.3 is 5.97 Å². The van der Waals surface area contributed by atoms with Gasteiger partial charge in [-0.15, -0.1) is 0 Å². The zero-order valence-corrected chi connectivity index (χ0v) is 27.8. The van der Waals surface area contributed by atoms with Crippen LogP contribution in [0, 0.1) is 11.7 Å². The second kappa shape index (κ2) is 13.0. The van der Waals surface area contributed by atoms with Gasteiger partial charge in [0.25, 0.3) is 5.91 Å². The lowest BCUT2D eigenvalue weighted by atomic mass is 9.85. The van der Waals surface area contributed by atoms with E-state index in [1.54, 1.807) is 31.2 Å². The zero-order chi connectivity index (χ0) is 31.8. The first-order valence-electron chi connectivity index (χ1n) is 14.7. The normalized spacial score (nSPS) is 23.0. The van der Waals surface area contributed by atoms with Crippen LogP contribution in [-0.2, 0) is 20.7 Å². The highest BCUT2D eigenvalue weighted by molar-refractivity contribution is 8.00. The number of amides is 1. The summed E-state index contributed by atoms with van der Waals surface area (Å²) in [4.78, 5) is 33.3. The first-order valence-corrected chi connectivity index (χ1v) is 16.4. The topological polar surface area (TPSA) is 68.7 Å². The summed E-state index contributed by atoms with van der Waals surface area (Å²) >= 11 is 14.4. The maximum absolute atomic E-state index is 15.0. The largest absolute Gasteiger partial charge is 0.465 e. The van der Waals surface area contributed by atoms with Crippen molar-refractivity contribution < 1.29 is 23.5 Å².